The number of anilines is 1. The summed E-state index contributed by atoms with van der Waals surface area (Å²) in [6.45, 7) is 1.87. The highest BCUT2D eigenvalue weighted by molar-refractivity contribution is 8.00. The smallest absolute Gasteiger partial charge is 0.237 e. The van der Waals surface area contributed by atoms with Gasteiger partial charge in [0.15, 0.2) is 0 Å². The van der Waals surface area contributed by atoms with Crippen molar-refractivity contribution >= 4 is 23.4 Å². The number of thioether (sulfide) groups is 1. The number of fused-ring (bicyclic) bond motifs is 1. The van der Waals surface area contributed by atoms with Gasteiger partial charge in [-0.05, 0) is 61.6 Å². The SMILES string of the molecule is CC(Sc1ncn(-c2ccccc2)n1)C(=O)Nc1ccc2c(c1)CCC2. The van der Waals surface area contributed by atoms with E-state index in [9.17, 15) is 4.79 Å². The lowest BCUT2D eigenvalue weighted by atomic mass is 10.1. The molecule has 0 saturated carbocycles. The first kappa shape index (κ1) is 16.8. The summed E-state index contributed by atoms with van der Waals surface area (Å²) < 4.78 is 1.72. The summed E-state index contributed by atoms with van der Waals surface area (Å²) in [6, 6.07) is 16.0. The zero-order valence-electron chi connectivity index (χ0n) is 14.6. The summed E-state index contributed by atoms with van der Waals surface area (Å²) in [5.74, 6) is -0.0380. The predicted octanol–water partition coefficient (Wildman–Crippen LogP) is 3.88. The number of rotatable bonds is 5. The Kier molecular flexibility index (Phi) is 4.75. The van der Waals surface area contributed by atoms with Crippen molar-refractivity contribution in [3.8, 4) is 5.69 Å². The minimum atomic E-state index is -0.283. The third kappa shape index (κ3) is 3.65. The number of aryl methyl sites for hydroxylation is 2. The topological polar surface area (TPSA) is 59.8 Å². The molecular weight excluding hydrogens is 344 g/mol. The Morgan fingerprint density at radius 2 is 1.96 bits per heavy atom. The normalized spacial score (nSPS) is 14.0. The minimum absolute atomic E-state index is 0.0380. The number of nitrogens with one attached hydrogen (secondary N) is 1. The van der Waals surface area contributed by atoms with E-state index < -0.39 is 0 Å². The van der Waals surface area contributed by atoms with Crippen LogP contribution in [-0.2, 0) is 17.6 Å². The third-order valence-corrected chi connectivity index (χ3v) is 5.47. The van der Waals surface area contributed by atoms with Crippen LogP contribution in [0.3, 0.4) is 0 Å². The molecule has 1 atom stereocenters. The zero-order chi connectivity index (χ0) is 17.9. The summed E-state index contributed by atoms with van der Waals surface area (Å²) in [5, 5.41) is 7.76. The lowest BCUT2D eigenvalue weighted by Gasteiger charge is -2.11. The average molecular weight is 364 g/mol. The van der Waals surface area contributed by atoms with Crippen molar-refractivity contribution in [2.45, 2.75) is 36.6 Å². The molecule has 4 rings (SSSR count). The van der Waals surface area contributed by atoms with Crippen LogP contribution in [0.2, 0.25) is 0 Å². The third-order valence-electron chi connectivity index (χ3n) is 4.51. The number of hydrogen-bond acceptors (Lipinski definition) is 4. The minimum Gasteiger partial charge on any atom is -0.325 e. The van der Waals surface area contributed by atoms with E-state index in [2.05, 4.69) is 27.5 Å². The van der Waals surface area contributed by atoms with E-state index in [1.165, 1.54) is 29.3 Å². The van der Waals surface area contributed by atoms with E-state index in [1.807, 2.05) is 43.3 Å². The maximum absolute atomic E-state index is 12.5. The first-order chi connectivity index (χ1) is 12.7. The molecule has 1 unspecified atom stereocenters. The summed E-state index contributed by atoms with van der Waals surface area (Å²) in [5.41, 5.74) is 4.57. The van der Waals surface area contributed by atoms with Gasteiger partial charge in [-0.2, -0.15) is 0 Å². The van der Waals surface area contributed by atoms with Gasteiger partial charge in [-0.3, -0.25) is 4.79 Å². The summed E-state index contributed by atoms with van der Waals surface area (Å²) in [7, 11) is 0. The van der Waals surface area contributed by atoms with E-state index in [4.69, 9.17) is 0 Å². The van der Waals surface area contributed by atoms with Gasteiger partial charge in [-0.25, -0.2) is 9.67 Å². The van der Waals surface area contributed by atoms with Crippen molar-refractivity contribution in [3.05, 3.63) is 66.0 Å². The number of carbonyl (C=O) groups is 1. The molecule has 0 radical (unpaired) electrons. The second-order valence-corrected chi connectivity index (χ2v) is 7.70. The van der Waals surface area contributed by atoms with Crippen LogP contribution < -0.4 is 5.32 Å². The summed E-state index contributed by atoms with van der Waals surface area (Å²) in [6.07, 6.45) is 5.12. The fraction of sp³-hybridized carbons (Fsp3) is 0.250. The number of amides is 1. The molecule has 0 fully saturated rings. The van der Waals surface area contributed by atoms with Crippen LogP contribution in [0.1, 0.15) is 24.5 Å². The highest BCUT2D eigenvalue weighted by atomic mass is 32.2. The van der Waals surface area contributed by atoms with Crippen LogP contribution in [0.4, 0.5) is 5.69 Å². The highest BCUT2D eigenvalue weighted by Crippen LogP contribution is 2.26. The maximum atomic E-state index is 12.5. The Hall–Kier alpha value is -2.60. The largest absolute Gasteiger partial charge is 0.325 e. The molecule has 1 aromatic heterocycles. The lowest BCUT2D eigenvalue weighted by Crippen LogP contribution is -2.22. The first-order valence-electron chi connectivity index (χ1n) is 8.75. The quantitative estimate of drug-likeness (QED) is 0.698. The number of benzene rings is 2. The molecule has 1 amide bonds. The Labute approximate surface area is 156 Å². The summed E-state index contributed by atoms with van der Waals surface area (Å²) in [4.78, 5) is 16.8. The van der Waals surface area contributed by atoms with Gasteiger partial charge in [0.1, 0.15) is 6.33 Å². The van der Waals surface area contributed by atoms with E-state index in [0.717, 1.165) is 24.2 Å². The zero-order valence-corrected chi connectivity index (χ0v) is 15.4. The maximum Gasteiger partial charge on any atom is 0.237 e. The van der Waals surface area contributed by atoms with Crippen molar-refractivity contribution in [2.75, 3.05) is 5.32 Å². The summed E-state index contributed by atoms with van der Waals surface area (Å²) >= 11 is 1.36. The number of para-hydroxylation sites is 1. The van der Waals surface area contributed by atoms with Gasteiger partial charge in [0.05, 0.1) is 10.9 Å². The van der Waals surface area contributed by atoms with Crippen molar-refractivity contribution in [1.82, 2.24) is 14.8 Å². The molecule has 1 aliphatic rings. The van der Waals surface area contributed by atoms with Gasteiger partial charge in [-0.1, -0.05) is 36.0 Å². The van der Waals surface area contributed by atoms with Crippen LogP contribution in [0, 0.1) is 0 Å². The number of nitrogens with zero attached hydrogens (tertiary/aromatic N) is 3. The molecule has 1 N–H and O–H groups in total. The van der Waals surface area contributed by atoms with Gasteiger partial charge in [0.2, 0.25) is 11.1 Å². The van der Waals surface area contributed by atoms with E-state index in [0.29, 0.717) is 5.16 Å². The average Bonchev–Trinajstić information content (AvgIpc) is 3.31. The van der Waals surface area contributed by atoms with Gasteiger partial charge in [0, 0.05) is 5.69 Å². The van der Waals surface area contributed by atoms with Crippen molar-refractivity contribution in [3.63, 3.8) is 0 Å². The molecule has 2 aromatic carbocycles. The molecule has 5 nitrogen and oxygen atoms in total. The Morgan fingerprint density at radius 1 is 1.15 bits per heavy atom. The van der Waals surface area contributed by atoms with Gasteiger partial charge in [-0.15, -0.1) is 5.10 Å². The molecule has 0 saturated heterocycles. The monoisotopic (exact) mass is 364 g/mol. The van der Waals surface area contributed by atoms with Gasteiger partial charge < -0.3 is 5.32 Å². The second-order valence-electron chi connectivity index (χ2n) is 6.39. The fourth-order valence-electron chi connectivity index (χ4n) is 3.11. The fourth-order valence-corrected chi connectivity index (χ4v) is 3.84. The molecule has 0 spiro atoms. The molecule has 6 heteroatoms. The molecule has 132 valence electrons. The molecule has 3 aromatic rings. The molecule has 1 aliphatic carbocycles. The van der Waals surface area contributed by atoms with Crippen LogP contribution in [0.5, 0.6) is 0 Å². The molecular formula is C20H20N4OS. The second kappa shape index (κ2) is 7.33. The van der Waals surface area contributed by atoms with E-state index >= 15 is 0 Å². The van der Waals surface area contributed by atoms with Crippen molar-refractivity contribution < 1.29 is 4.79 Å². The molecule has 0 aliphatic heterocycles. The van der Waals surface area contributed by atoms with Crippen LogP contribution in [0.25, 0.3) is 5.69 Å². The van der Waals surface area contributed by atoms with Crippen molar-refractivity contribution in [2.24, 2.45) is 0 Å². The number of aromatic nitrogens is 3. The van der Waals surface area contributed by atoms with Gasteiger partial charge >= 0.3 is 0 Å². The van der Waals surface area contributed by atoms with Gasteiger partial charge in [0.25, 0.3) is 0 Å². The van der Waals surface area contributed by atoms with Crippen LogP contribution in [0.15, 0.2) is 60.0 Å². The Balaban J connectivity index is 1.39. The van der Waals surface area contributed by atoms with Crippen molar-refractivity contribution in [1.29, 1.82) is 0 Å². The lowest BCUT2D eigenvalue weighted by molar-refractivity contribution is -0.115. The number of carbonyl (C=O) groups excluding carboxylic acids is 1. The predicted molar refractivity (Wildman–Crippen MR) is 104 cm³/mol. The Morgan fingerprint density at radius 3 is 2.81 bits per heavy atom. The Bertz CT molecular complexity index is 923. The number of hydrogen-bond donors (Lipinski definition) is 1. The first-order valence-corrected chi connectivity index (χ1v) is 9.63. The van der Waals surface area contributed by atoms with Crippen LogP contribution in [-0.4, -0.2) is 25.9 Å². The standard InChI is InChI=1S/C20H20N4OS/c1-14(19(25)22-17-11-10-15-6-5-7-16(15)12-17)26-20-21-13-24(23-20)18-8-3-2-4-9-18/h2-4,8-14H,5-7H2,1H3,(H,22,25). The van der Waals surface area contributed by atoms with E-state index in [-0.39, 0.29) is 11.2 Å². The molecule has 1 heterocycles. The molecule has 26 heavy (non-hydrogen) atoms. The molecule has 0 bridgehead atoms. The van der Waals surface area contributed by atoms with Crippen LogP contribution >= 0.6 is 11.8 Å². The van der Waals surface area contributed by atoms with E-state index in [1.54, 1.807) is 11.0 Å². The highest BCUT2D eigenvalue weighted by Gasteiger charge is 2.18.